The first kappa shape index (κ1) is 15.9. The van der Waals surface area contributed by atoms with Crippen LogP contribution < -0.4 is 5.32 Å². The molecule has 6 nitrogen and oxygen atoms in total. The third kappa shape index (κ3) is 3.78. The highest BCUT2D eigenvalue weighted by atomic mass is 32.2. The van der Waals surface area contributed by atoms with Gasteiger partial charge < -0.3 is 5.32 Å². The van der Waals surface area contributed by atoms with Crippen molar-refractivity contribution in [1.29, 1.82) is 0 Å². The molecule has 2 aromatic heterocycles. The minimum absolute atomic E-state index is 0.0520. The number of anilines is 1. The first-order valence-corrected chi connectivity index (χ1v) is 8.96. The van der Waals surface area contributed by atoms with Crippen LogP contribution in [0.1, 0.15) is 19.0 Å². The van der Waals surface area contributed by atoms with Gasteiger partial charge in [-0.1, -0.05) is 6.92 Å². The van der Waals surface area contributed by atoms with Crippen LogP contribution in [0.2, 0.25) is 0 Å². The molecule has 0 bridgehead atoms. The van der Waals surface area contributed by atoms with Crippen molar-refractivity contribution in [3.8, 4) is 0 Å². The minimum atomic E-state index is -3.65. The maximum Gasteiger partial charge on any atom is 0.262 e. The Labute approximate surface area is 128 Å². The number of sulfonamides is 1. The standard InChI is InChI=1S/C13H18N4O2S2/c1-3-6-14-12-5-4-7-15-13(12)21(18,19)17(2)8-11-9-20-10-16-11/h4-5,7,9-10,14H,3,6,8H2,1-2H3. The van der Waals surface area contributed by atoms with Crippen molar-refractivity contribution in [3.05, 3.63) is 34.9 Å². The fourth-order valence-corrected chi connectivity index (χ4v) is 3.53. The number of pyridine rings is 1. The lowest BCUT2D eigenvalue weighted by atomic mass is 10.4. The van der Waals surface area contributed by atoms with Gasteiger partial charge in [-0.3, -0.25) is 0 Å². The van der Waals surface area contributed by atoms with Gasteiger partial charge in [0.15, 0.2) is 5.03 Å². The van der Waals surface area contributed by atoms with E-state index in [1.54, 1.807) is 17.6 Å². The summed E-state index contributed by atoms with van der Waals surface area (Å²) in [5.74, 6) is 0. The average molecular weight is 326 g/mol. The average Bonchev–Trinajstić information content (AvgIpc) is 2.98. The summed E-state index contributed by atoms with van der Waals surface area (Å²) in [6.07, 6.45) is 2.39. The second-order valence-electron chi connectivity index (χ2n) is 4.52. The van der Waals surface area contributed by atoms with Crippen molar-refractivity contribution in [1.82, 2.24) is 14.3 Å². The van der Waals surface area contributed by atoms with E-state index in [1.807, 2.05) is 12.3 Å². The summed E-state index contributed by atoms with van der Waals surface area (Å²) in [5.41, 5.74) is 2.94. The Balaban J connectivity index is 2.26. The first-order valence-electron chi connectivity index (χ1n) is 6.58. The molecule has 0 saturated carbocycles. The maximum atomic E-state index is 12.6. The molecule has 2 heterocycles. The predicted molar refractivity (Wildman–Crippen MR) is 83.8 cm³/mol. The van der Waals surface area contributed by atoms with E-state index in [1.165, 1.54) is 28.9 Å². The van der Waals surface area contributed by atoms with Crippen LogP contribution in [0.15, 0.2) is 34.2 Å². The van der Waals surface area contributed by atoms with Crippen LogP contribution >= 0.6 is 11.3 Å². The molecule has 0 radical (unpaired) electrons. The monoisotopic (exact) mass is 326 g/mol. The molecule has 0 saturated heterocycles. The Morgan fingerprint density at radius 3 is 2.86 bits per heavy atom. The molecule has 21 heavy (non-hydrogen) atoms. The second-order valence-corrected chi connectivity index (χ2v) is 7.20. The Kier molecular flexibility index (Phi) is 5.27. The van der Waals surface area contributed by atoms with Crippen molar-refractivity contribution in [2.45, 2.75) is 24.9 Å². The summed E-state index contributed by atoms with van der Waals surface area (Å²) in [6, 6.07) is 3.45. The Morgan fingerprint density at radius 2 is 2.19 bits per heavy atom. The third-order valence-electron chi connectivity index (χ3n) is 2.86. The van der Waals surface area contributed by atoms with Crippen molar-refractivity contribution in [2.24, 2.45) is 0 Å². The normalized spacial score (nSPS) is 11.8. The van der Waals surface area contributed by atoms with Crippen molar-refractivity contribution in [2.75, 3.05) is 18.9 Å². The largest absolute Gasteiger partial charge is 0.383 e. The van der Waals surface area contributed by atoms with Crippen molar-refractivity contribution < 1.29 is 8.42 Å². The molecule has 8 heteroatoms. The molecule has 0 unspecified atom stereocenters. The molecule has 0 atom stereocenters. The first-order chi connectivity index (χ1) is 10.1. The van der Waals surface area contributed by atoms with E-state index in [2.05, 4.69) is 15.3 Å². The predicted octanol–water partition coefficient (Wildman–Crippen LogP) is 2.18. The van der Waals surface area contributed by atoms with Gasteiger partial charge in [0, 0.05) is 25.2 Å². The van der Waals surface area contributed by atoms with Gasteiger partial charge in [-0.05, 0) is 18.6 Å². The van der Waals surface area contributed by atoms with E-state index >= 15 is 0 Å². The molecule has 0 aromatic carbocycles. The number of thiazole rings is 1. The molecule has 0 amide bonds. The molecular formula is C13H18N4O2S2. The van der Waals surface area contributed by atoms with Gasteiger partial charge in [0.1, 0.15) is 0 Å². The summed E-state index contributed by atoms with van der Waals surface area (Å²) >= 11 is 1.44. The zero-order valence-corrected chi connectivity index (χ0v) is 13.6. The zero-order valence-electron chi connectivity index (χ0n) is 12.0. The Morgan fingerprint density at radius 1 is 1.38 bits per heavy atom. The van der Waals surface area contributed by atoms with Crippen LogP contribution in [-0.4, -0.2) is 36.3 Å². The molecule has 2 aromatic rings. The fraction of sp³-hybridized carbons (Fsp3) is 0.385. The molecule has 1 N–H and O–H groups in total. The summed E-state index contributed by atoms with van der Waals surface area (Å²) in [6.45, 7) is 2.95. The van der Waals surface area contributed by atoms with E-state index < -0.39 is 10.0 Å². The molecule has 0 aliphatic heterocycles. The lowest BCUT2D eigenvalue weighted by molar-refractivity contribution is 0.460. The summed E-state index contributed by atoms with van der Waals surface area (Å²) in [4.78, 5) is 8.16. The number of hydrogen-bond acceptors (Lipinski definition) is 6. The van der Waals surface area contributed by atoms with Gasteiger partial charge in [-0.15, -0.1) is 11.3 Å². The highest BCUT2D eigenvalue weighted by molar-refractivity contribution is 7.89. The van der Waals surface area contributed by atoms with Gasteiger partial charge in [-0.25, -0.2) is 18.4 Å². The van der Waals surface area contributed by atoms with Gasteiger partial charge in [0.2, 0.25) is 0 Å². The highest BCUT2D eigenvalue weighted by Crippen LogP contribution is 2.22. The zero-order chi connectivity index (χ0) is 15.3. The molecule has 0 aliphatic rings. The summed E-state index contributed by atoms with van der Waals surface area (Å²) < 4.78 is 26.5. The van der Waals surface area contributed by atoms with E-state index in [4.69, 9.17) is 0 Å². The van der Waals surface area contributed by atoms with E-state index in [0.29, 0.717) is 12.2 Å². The van der Waals surface area contributed by atoms with Crippen molar-refractivity contribution >= 4 is 27.0 Å². The summed E-state index contributed by atoms with van der Waals surface area (Å²) in [5, 5.41) is 4.99. The highest BCUT2D eigenvalue weighted by Gasteiger charge is 2.25. The second kappa shape index (κ2) is 6.97. The third-order valence-corrected chi connectivity index (χ3v) is 5.26. The molecule has 0 aliphatic carbocycles. The molecule has 114 valence electrons. The maximum absolute atomic E-state index is 12.6. The Bertz CT molecular complexity index is 671. The van der Waals surface area contributed by atoms with Crippen LogP contribution in [0.4, 0.5) is 5.69 Å². The SMILES string of the molecule is CCCNc1cccnc1S(=O)(=O)N(C)Cc1cscn1. The minimum Gasteiger partial charge on any atom is -0.383 e. The quantitative estimate of drug-likeness (QED) is 0.844. The van der Waals surface area contributed by atoms with E-state index in [9.17, 15) is 8.42 Å². The van der Waals surface area contributed by atoms with E-state index in [0.717, 1.165) is 12.1 Å². The number of nitrogens with zero attached hydrogens (tertiary/aromatic N) is 3. The number of rotatable bonds is 7. The van der Waals surface area contributed by atoms with Gasteiger partial charge >= 0.3 is 0 Å². The molecule has 0 fully saturated rings. The van der Waals surface area contributed by atoms with Crippen LogP contribution in [0.25, 0.3) is 0 Å². The van der Waals surface area contributed by atoms with Gasteiger partial charge in [0.25, 0.3) is 10.0 Å². The molecule has 2 rings (SSSR count). The number of hydrogen-bond donors (Lipinski definition) is 1. The molecule has 0 spiro atoms. The van der Waals surface area contributed by atoms with Crippen LogP contribution in [0, 0.1) is 0 Å². The molecular weight excluding hydrogens is 308 g/mol. The van der Waals surface area contributed by atoms with E-state index in [-0.39, 0.29) is 11.6 Å². The summed E-state index contributed by atoms with van der Waals surface area (Å²) in [7, 11) is -2.12. The Hall–Kier alpha value is -1.51. The fourth-order valence-electron chi connectivity index (χ4n) is 1.77. The van der Waals surface area contributed by atoms with Gasteiger partial charge in [0.05, 0.1) is 23.4 Å². The van der Waals surface area contributed by atoms with Crippen molar-refractivity contribution in [3.63, 3.8) is 0 Å². The number of nitrogens with one attached hydrogen (secondary N) is 1. The van der Waals surface area contributed by atoms with Crippen LogP contribution in [-0.2, 0) is 16.6 Å². The van der Waals surface area contributed by atoms with Gasteiger partial charge in [-0.2, -0.15) is 4.31 Å². The smallest absolute Gasteiger partial charge is 0.262 e. The van der Waals surface area contributed by atoms with Crippen LogP contribution in [0.5, 0.6) is 0 Å². The van der Waals surface area contributed by atoms with Crippen LogP contribution in [0.3, 0.4) is 0 Å². The topological polar surface area (TPSA) is 75.2 Å². The lowest BCUT2D eigenvalue weighted by Gasteiger charge is -2.18. The number of aromatic nitrogens is 2. The lowest BCUT2D eigenvalue weighted by Crippen LogP contribution is -2.28.